The molecule has 1 fully saturated rings. The summed E-state index contributed by atoms with van der Waals surface area (Å²) < 4.78 is 11.0. The van der Waals surface area contributed by atoms with Gasteiger partial charge in [0.05, 0.1) is 23.1 Å². The molecule has 38 heavy (non-hydrogen) atoms. The number of carboxylic acids is 1. The van der Waals surface area contributed by atoms with Gasteiger partial charge in [-0.1, -0.05) is 30.3 Å². The lowest BCUT2D eigenvalue weighted by Crippen LogP contribution is -2.60. The lowest BCUT2D eigenvalue weighted by Gasteiger charge is -2.39. The van der Waals surface area contributed by atoms with Crippen LogP contribution in [0.5, 0.6) is 17.2 Å². The molecule has 1 saturated heterocycles. The third-order valence-corrected chi connectivity index (χ3v) is 6.66. The number of benzene rings is 3. The van der Waals surface area contributed by atoms with Gasteiger partial charge in [0.2, 0.25) is 6.29 Å². The number of fused-ring (bicyclic) bond motifs is 1. The van der Waals surface area contributed by atoms with Crippen molar-refractivity contribution >= 4 is 22.5 Å². The van der Waals surface area contributed by atoms with Crippen LogP contribution >= 0.6 is 0 Å². The molecule has 0 aliphatic carbocycles. The highest BCUT2D eigenvalue weighted by Gasteiger charge is 2.45. The summed E-state index contributed by atoms with van der Waals surface area (Å²) in [5.74, 6) is -3.30. The fraction of sp³-hybridized carbons (Fsp3) is 0.333. The Morgan fingerprint density at radius 1 is 0.974 bits per heavy atom. The second-order valence-electron chi connectivity index (χ2n) is 9.12. The number of rotatable bonds is 8. The van der Waals surface area contributed by atoms with E-state index in [2.05, 4.69) is 0 Å². The molecule has 4 rings (SSSR count). The molecule has 7 N–H and O–H groups in total. The van der Waals surface area contributed by atoms with Gasteiger partial charge in [0.15, 0.2) is 5.78 Å². The third-order valence-electron chi connectivity index (χ3n) is 6.66. The number of phenolic OH excluding ortho intramolecular Hbond substituents is 2. The van der Waals surface area contributed by atoms with E-state index < -0.39 is 60.6 Å². The smallest absolute Gasteiger partial charge is 0.335 e. The number of aliphatic hydroxyl groups is 4. The fourth-order valence-corrected chi connectivity index (χ4v) is 4.54. The number of phenols is 2. The minimum absolute atomic E-state index is 0.000525. The van der Waals surface area contributed by atoms with Crippen molar-refractivity contribution in [3.05, 3.63) is 64.7 Å². The Labute approximate surface area is 216 Å². The number of hydrogen-bond donors (Lipinski definition) is 7. The second kappa shape index (κ2) is 10.9. The number of Topliss-reactive ketones (excluding diaryl/α,β-unsaturated/α-hetero) is 1. The summed E-state index contributed by atoms with van der Waals surface area (Å²) in [6.07, 6.45) is -7.93. The minimum atomic E-state index is -1.83. The summed E-state index contributed by atoms with van der Waals surface area (Å²) in [6.45, 7) is 0.682. The maximum Gasteiger partial charge on any atom is 0.335 e. The molecular formula is C27H28O11. The van der Waals surface area contributed by atoms with Crippen LogP contribution in [0, 0.1) is 6.92 Å². The summed E-state index contributed by atoms with van der Waals surface area (Å²) in [4.78, 5) is 25.0. The third kappa shape index (κ3) is 5.02. The van der Waals surface area contributed by atoms with E-state index >= 15 is 0 Å². The molecule has 1 aliphatic rings. The van der Waals surface area contributed by atoms with Gasteiger partial charge in [-0.2, -0.15) is 0 Å². The number of carboxylic acid groups (broad SMARTS) is 1. The van der Waals surface area contributed by atoms with E-state index in [9.17, 15) is 45.3 Å². The van der Waals surface area contributed by atoms with Crippen molar-refractivity contribution in [1.29, 1.82) is 0 Å². The van der Waals surface area contributed by atoms with E-state index in [1.54, 1.807) is 0 Å². The van der Waals surface area contributed by atoms with Crippen molar-refractivity contribution in [2.24, 2.45) is 0 Å². The van der Waals surface area contributed by atoms with Crippen molar-refractivity contribution in [1.82, 2.24) is 0 Å². The molecule has 11 heteroatoms. The van der Waals surface area contributed by atoms with Crippen LogP contribution < -0.4 is 4.74 Å². The van der Waals surface area contributed by atoms with Crippen LogP contribution in [0.2, 0.25) is 0 Å². The van der Waals surface area contributed by atoms with E-state index in [1.165, 1.54) is 6.92 Å². The fourth-order valence-electron chi connectivity index (χ4n) is 4.54. The van der Waals surface area contributed by atoms with Gasteiger partial charge in [-0.05, 0) is 31.0 Å². The monoisotopic (exact) mass is 528 g/mol. The molecule has 3 aromatic rings. The number of hydrogen-bond acceptors (Lipinski definition) is 10. The standard InChI is InChI=1S/C27H28O11/c1-12-19(16(29)8-7-13-5-3-2-4-6-13)23(32)20-15(21(12)30)9-14(26(35)36)10-17(20)37-27-25(34)24(33)22(31)18(11-28)38-27/h2-6,9-10,18,22,24-25,27-28,30-34H,7-8,11H2,1H3,(H,35,36). The van der Waals surface area contributed by atoms with E-state index in [0.29, 0.717) is 6.42 Å². The van der Waals surface area contributed by atoms with E-state index in [4.69, 9.17) is 9.47 Å². The van der Waals surface area contributed by atoms with Crippen molar-refractivity contribution in [3.63, 3.8) is 0 Å². The Balaban J connectivity index is 1.81. The molecule has 0 radical (unpaired) electrons. The van der Waals surface area contributed by atoms with Gasteiger partial charge in [0.25, 0.3) is 0 Å². The van der Waals surface area contributed by atoms with Gasteiger partial charge in [-0.25, -0.2) is 4.79 Å². The maximum atomic E-state index is 13.2. The lowest BCUT2D eigenvalue weighted by atomic mass is 9.92. The highest BCUT2D eigenvalue weighted by Crippen LogP contribution is 2.45. The summed E-state index contributed by atoms with van der Waals surface area (Å²) in [5, 5.41) is 71.4. The van der Waals surface area contributed by atoms with E-state index in [0.717, 1.165) is 17.7 Å². The SMILES string of the molecule is Cc1c(C(=O)CCc2ccccc2)c(O)c2c(OC3OC(CO)C(O)C(O)C3O)cc(C(=O)O)cc2c1O. The average molecular weight is 529 g/mol. The topological polar surface area (TPSA) is 194 Å². The van der Waals surface area contributed by atoms with Gasteiger partial charge in [-0.15, -0.1) is 0 Å². The van der Waals surface area contributed by atoms with Crippen LogP contribution in [-0.2, 0) is 11.2 Å². The van der Waals surface area contributed by atoms with Gasteiger partial charge < -0.3 is 45.2 Å². The quantitative estimate of drug-likeness (QED) is 0.164. The Morgan fingerprint density at radius 3 is 2.29 bits per heavy atom. The van der Waals surface area contributed by atoms with Gasteiger partial charge in [-0.3, -0.25) is 4.79 Å². The van der Waals surface area contributed by atoms with Crippen LogP contribution in [0.15, 0.2) is 42.5 Å². The van der Waals surface area contributed by atoms with Crippen LogP contribution in [0.4, 0.5) is 0 Å². The molecule has 5 atom stereocenters. The van der Waals surface area contributed by atoms with Crippen molar-refractivity contribution in [2.45, 2.75) is 50.5 Å². The Bertz CT molecular complexity index is 1350. The van der Waals surface area contributed by atoms with Gasteiger partial charge in [0, 0.05) is 17.4 Å². The Morgan fingerprint density at radius 2 is 1.66 bits per heavy atom. The van der Waals surface area contributed by atoms with Gasteiger partial charge in [0.1, 0.15) is 41.7 Å². The zero-order valence-electron chi connectivity index (χ0n) is 20.3. The first-order chi connectivity index (χ1) is 18.0. The van der Waals surface area contributed by atoms with Crippen LogP contribution in [0.3, 0.4) is 0 Å². The maximum absolute atomic E-state index is 13.2. The number of aliphatic hydroxyl groups excluding tert-OH is 4. The number of aromatic hydroxyl groups is 2. The Kier molecular flexibility index (Phi) is 7.86. The molecule has 0 spiro atoms. The average Bonchev–Trinajstić information content (AvgIpc) is 2.91. The summed E-state index contributed by atoms with van der Waals surface area (Å²) >= 11 is 0. The number of aromatic carboxylic acids is 1. The second-order valence-corrected chi connectivity index (χ2v) is 9.12. The van der Waals surface area contributed by atoms with E-state index in [-0.39, 0.29) is 39.6 Å². The number of carbonyl (C=O) groups is 2. The summed E-state index contributed by atoms with van der Waals surface area (Å²) in [5.41, 5.74) is 0.386. The number of ether oxygens (including phenoxy) is 2. The molecule has 0 aromatic heterocycles. The highest BCUT2D eigenvalue weighted by atomic mass is 16.7. The molecule has 202 valence electrons. The highest BCUT2D eigenvalue weighted by molar-refractivity contribution is 6.11. The number of aryl methyl sites for hydroxylation is 1. The molecule has 0 saturated carbocycles. The molecule has 1 heterocycles. The van der Waals surface area contributed by atoms with E-state index in [1.807, 2.05) is 30.3 Å². The normalized spacial score (nSPS) is 23.3. The zero-order valence-corrected chi connectivity index (χ0v) is 20.3. The molecular weight excluding hydrogens is 500 g/mol. The Hall–Kier alpha value is -3.74. The van der Waals surface area contributed by atoms with Crippen molar-refractivity contribution in [3.8, 4) is 17.2 Å². The van der Waals surface area contributed by atoms with Crippen LogP contribution in [-0.4, -0.2) is 84.8 Å². The largest absolute Gasteiger partial charge is 0.507 e. The molecule has 3 aromatic carbocycles. The number of carbonyl (C=O) groups excluding carboxylic acids is 1. The number of ketones is 1. The van der Waals surface area contributed by atoms with Crippen LogP contribution in [0.25, 0.3) is 10.8 Å². The van der Waals surface area contributed by atoms with Crippen molar-refractivity contribution < 1.29 is 54.8 Å². The van der Waals surface area contributed by atoms with Gasteiger partial charge >= 0.3 is 5.97 Å². The zero-order chi connectivity index (χ0) is 27.7. The first kappa shape index (κ1) is 27.3. The molecule has 5 unspecified atom stereocenters. The minimum Gasteiger partial charge on any atom is -0.507 e. The van der Waals surface area contributed by atoms with Crippen LogP contribution in [0.1, 0.15) is 38.3 Å². The lowest BCUT2D eigenvalue weighted by molar-refractivity contribution is -0.277. The first-order valence-electron chi connectivity index (χ1n) is 11.8. The van der Waals surface area contributed by atoms with Crippen molar-refractivity contribution in [2.75, 3.05) is 6.61 Å². The molecule has 0 amide bonds. The predicted octanol–water partition coefficient (Wildman–Crippen LogP) is 1.25. The first-order valence-corrected chi connectivity index (χ1v) is 11.8. The molecule has 0 bridgehead atoms. The summed E-state index contributed by atoms with van der Waals surface area (Å²) in [7, 11) is 0. The molecule has 11 nitrogen and oxygen atoms in total. The summed E-state index contributed by atoms with van der Waals surface area (Å²) in [6, 6.07) is 11.3. The molecule has 1 aliphatic heterocycles. The predicted molar refractivity (Wildman–Crippen MR) is 132 cm³/mol.